The molecule has 0 fully saturated rings. The Morgan fingerprint density at radius 1 is 0.694 bits per heavy atom. The quantitative estimate of drug-likeness (QED) is 0.0639. The lowest BCUT2D eigenvalue weighted by Crippen LogP contribution is -2.34. The lowest BCUT2D eigenvalue weighted by molar-refractivity contribution is -0.137. The van der Waals surface area contributed by atoms with Gasteiger partial charge in [-0.05, 0) is 60.4 Å². The molecule has 0 spiro atoms. The third kappa shape index (κ3) is 11.4. The monoisotopic (exact) mass is 907 g/mol. The van der Waals surface area contributed by atoms with Gasteiger partial charge in [0.2, 0.25) is 5.91 Å². The second-order valence-electron chi connectivity index (χ2n) is 13.7. The number of pyridine rings is 1. The van der Waals surface area contributed by atoms with Crippen molar-refractivity contribution in [2.75, 3.05) is 23.7 Å². The number of hydrogen-bond donors (Lipinski definition) is 5. The third-order valence-corrected chi connectivity index (χ3v) is 11.9. The number of hydrogen-bond acceptors (Lipinski definition) is 11. The molecular formula is C44H39Cl2N9O5S2. The van der Waals surface area contributed by atoms with Crippen LogP contribution in [0.4, 0.5) is 11.6 Å². The Morgan fingerprint density at radius 2 is 1.23 bits per heavy atom. The topological polar surface area (TPSA) is 189 Å². The molecule has 0 radical (unpaired) electrons. The van der Waals surface area contributed by atoms with Crippen LogP contribution in [-0.2, 0) is 42.1 Å². The van der Waals surface area contributed by atoms with Gasteiger partial charge >= 0.3 is 5.97 Å². The number of H-pyrrole nitrogens is 1. The van der Waals surface area contributed by atoms with Gasteiger partial charge in [0.25, 0.3) is 11.1 Å². The predicted octanol–water partition coefficient (Wildman–Crippen LogP) is 7.84. The Kier molecular flexibility index (Phi) is 14.6. The zero-order valence-electron chi connectivity index (χ0n) is 32.9. The number of fused-ring (bicyclic) bond motifs is 1. The maximum Gasteiger partial charge on any atom is 0.323 e. The molecule has 14 nitrogen and oxygen atoms in total. The molecule has 0 saturated carbocycles. The molecule has 0 aliphatic rings. The fraction of sp³-hybridized carbons (Fsp3) is 0.159. The van der Waals surface area contributed by atoms with E-state index in [0.717, 1.165) is 45.4 Å². The standard InChI is InChI=1S/C26H23ClN6O2S.C18H16ClN3O3S/c27-23-7-6-22(36-23)21-15-31-25(29-11-8-17-4-2-1-3-5-17)26(35)33(21)16-24(34)30-14-19-12-18-13-28-10-9-20(18)32-19;19-15-7-6-14(26-15)13-10-21-17(18(25)22(13)11-16(23)24)20-9-8-12-4-2-1-3-5-12/h1-7,9-10,12-13,15,32H,8,11,14,16H2,(H,29,31)(H,30,34);1-7,10H,8-9,11H2,(H,20,21)(H,23,24). The van der Waals surface area contributed by atoms with Gasteiger partial charge in [0, 0.05) is 42.1 Å². The normalized spacial score (nSPS) is 10.9. The molecule has 1 amide bonds. The molecule has 0 saturated heterocycles. The third-order valence-electron chi connectivity index (χ3n) is 9.41. The SMILES string of the molecule is O=C(Cn1c(-c2ccc(Cl)s2)cnc(NCCc2ccccc2)c1=O)NCc1cc2cnccc2[nH]1.O=C(O)Cn1c(-c2ccc(Cl)s2)cnc(NCCc2ccccc2)c1=O. The number of halogens is 2. The lowest BCUT2D eigenvalue weighted by Gasteiger charge is -2.14. The van der Waals surface area contributed by atoms with Crippen molar-refractivity contribution in [2.45, 2.75) is 32.5 Å². The zero-order valence-corrected chi connectivity index (χ0v) is 36.0. The Balaban J connectivity index is 0.000000197. The fourth-order valence-corrected chi connectivity index (χ4v) is 8.55. The van der Waals surface area contributed by atoms with E-state index < -0.39 is 18.1 Å². The molecule has 62 heavy (non-hydrogen) atoms. The lowest BCUT2D eigenvalue weighted by atomic mass is 10.1. The van der Waals surface area contributed by atoms with Crippen molar-refractivity contribution < 1.29 is 14.7 Å². The Hall–Kier alpha value is -6.59. The number of carbonyl (C=O) groups excluding carboxylic acids is 1. The number of benzene rings is 2. The number of carbonyl (C=O) groups is 2. The molecule has 0 unspecified atom stereocenters. The van der Waals surface area contributed by atoms with E-state index in [-0.39, 0.29) is 29.6 Å². The molecule has 0 aliphatic heterocycles. The molecule has 6 aromatic heterocycles. The van der Waals surface area contributed by atoms with Crippen LogP contribution in [0.2, 0.25) is 8.67 Å². The van der Waals surface area contributed by atoms with Gasteiger partial charge in [0.15, 0.2) is 11.6 Å². The Bertz CT molecular complexity index is 2880. The van der Waals surface area contributed by atoms with Gasteiger partial charge in [0.05, 0.1) is 48.8 Å². The van der Waals surface area contributed by atoms with Gasteiger partial charge in [-0.25, -0.2) is 9.97 Å². The van der Waals surface area contributed by atoms with Crippen LogP contribution in [-0.4, -0.2) is 59.1 Å². The number of rotatable bonds is 16. The average molecular weight is 909 g/mol. The van der Waals surface area contributed by atoms with Crippen molar-refractivity contribution in [3.63, 3.8) is 0 Å². The van der Waals surface area contributed by atoms with Crippen LogP contribution in [0.1, 0.15) is 16.8 Å². The van der Waals surface area contributed by atoms with Crippen LogP contribution in [0, 0.1) is 0 Å². The number of carboxylic acid groups (broad SMARTS) is 1. The van der Waals surface area contributed by atoms with E-state index in [2.05, 4.69) is 35.9 Å². The second kappa shape index (κ2) is 20.8. The number of aliphatic carboxylic acids is 1. The van der Waals surface area contributed by atoms with Crippen LogP contribution >= 0.6 is 45.9 Å². The highest BCUT2D eigenvalue weighted by molar-refractivity contribution is 7.19. The summed E-state index contributed by atoms with van der Waals surface area (Å²) in [4.78, 5) is 67.5. The number of nitrogens with zero attached hydrogens (tertiary/aromatic N) is 5. The number of nitrogens with one attached hydrogen (secondary N) is 4. The van der Waals surface area contributed by atoms with Crippen molar-refractivity contribution in [3.05, 3.63) is 168 Å². The molecule has 0 atom stereocenters. The van der Waals surface area contributed by atoms with Crippen LogP contribution in [0.15, 0.2) is 131 Å². The van der Waals surface area contributed by atoms with Gasteiger partial charge in [-0.3, -0.25) is 33.3 Å². The van der Waals surface area contributed by atoms with Crippen LogP contribution < -0.4 is 27.1 Å². The number of amides is 1. The summed E-state index contributed by atoms with van der Waals surface area (Å²) in [5.41, 5.74) is 4.22. The summed E-state index contributed by atoms with van der Waals surface area (Å²) in [6, 6.07) is 30.7. The highest BCUT2D eigenvalue weighted by Gasteiger charge is 2.18. The van der Waals surface area contributed by atoms with Gasteiger partial charge in [-0.15, -0.1) is 22.7 Å². The van der Waals surface area contributed by atoms with Gasteiger partial charge < -0.3 is 26.0 Å². The van der Waals surface area contributed by atoms with Gasteiger partial charge in [-0.1, -0.05) is 83.9 Å². The number of anilines is 2. The summed E-state index contributed by atoms with van der Waals surface area (Å²) in [5, 5.41) is 19.1. The van der Waals surface area contributed by atoms with Crippen molar-refractivity contribution in [2.24, 2.45) is 0 Å². The molecule has 8 aromatic rings. The summed E-state index contributed by atoms with van der Waals surface area (Å²) >= 11 is 14.7. The number of carboxylic acids is 1. The molecule has 2 aromatic carbocycles. The number of aromatic nitrogens is 6. The van der Waals surface area contributed by atoms with Gasteiger partial charge in [-0.2, -0.15) is 0 Å². The summed E-state index contributed by atoms with van der Waals surface area (Å²) in [6.45, 7) is 0.762. The highest BCUT2D eigenvalue weighted by atomic mass is 35.5. The smallest absolute Gasteiger partial charge is 0.323 e. The maximum atomic E-state index is 13.4. The van der Waals surface area contributed by atoms with E-state index in [1.165, 1.54) is 38.0 Å². The number of aromatic amines is 1. The van der Waals surface area contributed by atoms with Crippen LogP contribution in [0.25, 0.3) is 32.0 Å². The molecule has 316 valence electrons. The molecule has 6 heterocycles. The summed E-state index contributed by atoms with van der Waals surface area (Å²) in [6.07, 6.45) is 8.04. The van der Waals surface area contributed by atoms with Crippen LogP contribution in [0.5, 0.6) is 0 Å². The van der Waals surface area contributed by atoms with Gasteiger partial charge in [0.1, 0.15) is 13.1 Å². The van der Waals surface area contributed by atoms with Crippen molar-refractivity contribution in [3.8, 4) is 21.1 Å². The predicted molar refractivity (Wildman–Crippen MR) is 246 cm³/mol. The average Bonchev–Trinajstić information content (AvgIpc) is 4.03. The first-order valence-electron chi connectivity index (χ1n) is 19.3. The minimum Gasteiger partial charge on any atom is -0.480 e. The largest absolute Gasteiger partial charge is 0.480 e. The second-order valence-corrected chi connectivity index (χ2v) is 17.2. The first-order chi connectivity index (χ1) is 30.1. The summed E-state index contributed by atoms with van der Waals surface area (Å²) in [7, 11) is 0. The van der Waals surface area contributed by atoms with E-state index in [4.69, 9.17) is 28.3 Å². The number of thiophene rings is 2. The molecule has 0 aliphatic carbocycles. The maximum absolute atomic E-state index is 13.4. The van der Waals surface area contributed by atoms with Crippen LogP contribution in [0.3, 0.4) is 0 Å². The Labute approximate surface area is 372 Å². The minimum absolute atomic E-state index is 0.133. The summed E-state index contributed by atoms with van der Waals surface area (Å²) < 4.78 is 3.78. The summed E-state index contributed by atoms with van der Waals surface area (Å²) in [5.74, 6) is -1.06. The van der Waals surface area contributed by atoms with E-state index >= 15 is 0 Å². The van der Waals surface area contributed by atoms with Crippen molar-refractivity contribution in [1.82, 2.24) is 34.4 Å². The molecular weight excluding hydrogens is 870 g/mol. The molecule has 0 bridgehead atoms. The van der Waals surface area contributed by atoms with Crippen molar-refractivity contribution in [1.29, 1.82) is 0 Å². The molecule has 5 N–H and O–H groups in total. The first kappa shape index (κ1) is 43.5. The zero-order chi connectivity index (χ0) is 43.4. The molecule has 8 rings (SSSR count). The fourth-order valence-electron chi connectivity index (χ4n) is 6.43. The highest BCUT2D eigenvalue weighted by Crippen LogP contribution is 2.31. The van der Waals surface area contributed by atoms with E-state index in [0.29, 0.717) is 44.6 Å². The molecule has 18 heteroatoms. The van der Waals surface area contributed by atoms with E-state index in [1.807, 2.05) is 78.9 Å². The van der Waals surface area contributed by atoms with Crippen molar-refractivity contribution >= 4 is 80.3 Å². The van der Waals surface area contributed by atoms with E-state index in [1.54, 1.807) is 36.8 Å². The Morgan fingerprint density at radius 3 is 1.71 bits per heavy atom. The van der Waals surface area contributed by atoms with E-state index in [9.17, 15) is 19.2 Å². The first-order valence-corrected chi connectivity index (χ1v) is 21.7. The minimum atomic E-state index is -1.10.